The highest BCUT2D eigenvalue weighted by atomic mass is 32.2. The Hall–Kier alpha value is -4.02. The van der Waals surface area contributed by atoms with Crippen LogP contribution in [0, 0.1) is 16.7 Å². The van der Waals surface area contributed by atoms with Gasteiger partial charge in [-0.25, -0.2) is 8.42 Å². The number of allylic oxidation sites excluding steroid dienone is 2. The van der Waals surface area contributed by atoms with Crippen molar-refractivity contribution in [2.75, 3.05) is 5.75 Å². The molecule has 3 aliphatic carbocycles. The fourth-order valence-corrected chi connectivity index (χ4v) is 11.0. The van der Waals surface area contributed by atoms with Crippen molar-refractivity contribution >= 4 is 37.9 Å². The van der Waals surface area contributed by atoms with Gasteiger partial charge in [-0.15, -0.1) is 0 Å². The molecule has 0 amide bonds. The van der Waals surface area contributed by atoms with E-state index in [4.69, 9.17) is 0 Å². The van der Waals surface area contributed by atoms with E-state index >= 15 is 8.42 Å². The predicted molar refractivity (Wildman–Crippen MR) is 176 cm³/mol. The Kier molecular flexibility index (Phi) is 6.66. The van der Waals surface area contributed by atoms with Crippen molar-refractivity contribution in [2.24, 2.45) is 16.7 Å². The highest BCUT2D eigenvalue weighted by molar-refractivity contribution is 7.93. The molecule has 0 spiro atoms. The summed E-state index contributed by atoms with van der Waals surface area (Å²) < 4.78 is 30.6. The molecule has 216 valence electrons. The Bertz CT molecular complexity index is 1760. The predicted octanol–water partition coefficient (Wildman–Crippen LogP) is 8.40. The van der Waals surface area contributed by atoms with Gasteiger partial charge in [-0.2, -0.15) is 0 Å². The maximum atomic E-state index is 15.3. The second kappa shape index (κ2) is 10.3. The topological polar surface area (TPSA) is 51.2 Å². The first kappa shape index (κ1) is 27.8. The van der Waals surface area contributed by atoms with Gasteiger partial charge in [0, 0.05) is 11.8 Å². The summed E-state index contributed by atoms with van der Waals surface area (Å²) in [6, 6.07) is 40.2. The molecule has 3 nitrogen and oxygen atoms in total. The number of Topliss-reactive ketones (excluding diaryl/α,β-unsaturated/α-hetero) is 1. The van der Waals surface area contributed by atoms with Crippen molar-refractivity contribution in [3.05, 3.63) is 144 Å². The van der Waals surface area contributed by atoms with E-state index in [-0.39, 0.29) is 22.9 Å². The monoisotopic (exact) mass is 584 g/mol. The SMILES string of the molecule is CC1(C)C2CCC1(CS(=O)(=O)C1C(c3ccccc3)=C(c3ccccc3)C(c3ccccc3)=C1c1ccccc1)C(=O)C2. The number of benzene rings is 4. The van der Waals surface area contributed by atoms with E-state index in [0.717, 1.165) is 51.0 Å². The lowest BCUT2D eigenvalue weighted by molar-refractivity contribution is -0.128. The summed E-state index contributed by atoms with van der Waals surface area (Å²) in [5, 5.41) is -0.930. The fraction of sp³-hybridized carbons (Fsp3) is 0.256. The van der Waals surface area contributed by atoms with Gasteiger partial charge in [0.2, 0.25) is 0 Å². The molecule has 4 heteroatoms. The van der Waals surface area contributed by atoms with E-state index < -0.39 is 20.5 Å². The van der Waals surface area contributed by atoms with E-state index in [2.05, 4.69) is 38.1 Å². The van der Waals surface area contributed by atoms with Crippen molar-refractivity contribution < 1.29 is 13.2 Å². The van der Waals surface area contributed by atoms with E-state index in [1.165, 1.54) is 0 Å². The Balaban J connectivity index is 1.56. The van der Waals surface area contributed by atoms with Gasteiger partial charge in [-0.1, -0.05) is 135 Å². The zero-order valence-corrected chi connectivity index (χ0v) is 25.5. The molecule has 2 saturated carbocycles. The summed E-state index contributed by atoms with van der Waals surface area (Å²) in [6.45, 7) is 4.23. The molecule has 7 rings (SSSR count). The molecule has 0 heterocycles. The molecule has 2 atom stereocenters. The van der Waals surface area contributed by atoms with Crippen LogP contribution >= 0.6 is 0 Å². The van der Waals surface area contributed by atoms with Gasteiger partial charge in [0.1, 0.15) is 11.0 Å². The third-order valence-electron chi connectivity index (χ3n) is 10.6. The van der Waals surface area contributed by atoms with Crippen molar-refractivity contribution in [2.45, 2.75) is 38.4 Å². The van der Waals surface area contributed by atoms with Crippen LogP contribution in [0.5, 0.6) is 0 Å². The summed E-state index contributed by atoms with van der Waals surface area (Å²) in [5.74, 6) is 0.230. The second-order valence-corrected chi connectivity index (χ2v) is 15.0. The quantitative estimate of drug-likeness (QED) is 0.219. The minimum absolute atomic E-state index is 0.123. The lowest BCUT2D eigenvalue weighted by Gasteiger charge is -2.37. The molecule has 2 unspecified atom stereocenters. The molecule has 2 bridgehead atoms. The molecule has 4 aromatic carbocycles. The molecule has 43 heavy (non-hydrogen) atoms. The minimum Gasteiger partial charge on any atom is -0.299 e. The normalized spacial score (nSPS) is 23.4. The van der Waals surface area contributed by atoms with Crippen LogP contribution in [-0.2, 0) is 14.6 Å². The van der Waals surface area contributed by atoms with Crippen molar-refractivity contribution in [3.8, 4) is 0 Å². The van der Waals surface area contributed by atoms with Crippen LogP contribution in [0.1, 0.15) is 55.4 Å². The molecule has 3 aliphatic rings. The largest absolute Gasteiger partial charge is 0.299 e. The van der Waals surface area contributed by atoms with Gasteiger partial charge in [-0.05, 0) is 68.7 Å². The van der Waals surface area contributed by atoms with Crippen molar-refractivity contribution in [1.82, 2.24) is 0 Å². The average molecular weight is 585 g/mol. The highest BCUT2D eigenvalue weighted by Gasteiger charge is 2.66. The van der Waals surface area contributed by atoms with Crippen LogP contribution < -0.4 is 0 Å². The molecule has 4 aromatic rings. The van der Waals surface area contributed by atoms with Crippen LogP contribution in [0.25, 0.3) is 22.3 Å². The maximum absolute atomic E-state index is 15.3. The highest BCUT2D eigenvalue weighted by Crippen LogP contribution is 2.65. The number of rotatable bonds is 7. The first-order chi connectivity index (χ1) is 20.7. The van der Waals surface area contributed by atoms with Crippen LogP contribution in [0.15, 0.2) is 121 Å². The molecular weight excluding hydrogens is 548 g/mol. The first-order valence-electron chi connectivity index (χ1n) is 15.2. The molecule has 0 saturated heterocycles. The van der Waals surface area contributed by atoms with Crippen LogP contribution in [0.4, 0.5) is 0 Å². The van der Waals surface area contributed by atoms with Crippen molar-refractivity contribution in [1.29, 1.82) is 0 Å². The summed E-state index contributed by atoms with van der Waals surface area (Å²) >= 11 is 0. The smallest absolute Gasteiger partial charge is 0.162 e. The third kappa shape index (κ3) is 4.30. The standard InChI is InChI=1S/C39H36O3S/c1-38(2)31-23-24-39(38,32(40)25-31)26-43(41,42)37-35(29-19-11-5-12-20-29)33(27-15-7-3-8-16-27)34(28-17-9-4-10-18-28)36(37)30-21-13-6-14-22-30/h3-22,31,37H,23-26H2,1-2H3. The van der Waals surface area contributed by atoms with E-state index in [1.807, 2.05) is 97.1 Å². The van der Waals surface area contributed by atoms with Crippen molar-refractivity contribution in [3.63, 3.8) is 0 Å². The number of hydrogen-bond acceptors (Lipinski definition) is 3. The van der Waals surface area contributed by atoms with Gasteiger partial charge >= 0.3 is 0 Å². The molecule has 0 aromatic heterocycles. The number of fused-ring (bicyclic) bond motifs is 2. The Labute approximate surface area is 254 Å². The summed E-state index contributed by atoms with van der Waals surface area (Å²) in [7, 11) is -3.90. The van der Waals surface area contributed by atoms with E-state index in [0.29, 0.717) is 12.8 Å². The maximum Gasteiger partial charge on any atom is 0.162 e. The van der Waals surface area contributed by atoms with Crippen LogP contribution in [0.2, 0.25) is 0 Å². The molecular formula is C39H36O3S. The lowest BCUT2D eigenvalue weighted by Crippen LogP contribution is -2.44. The zero-order valence-electron chi connectivity index (χ0n) is 24.7. The summed E-state index contributed by atoms with van der Waals surface area (Å²) in [6.07, 6.45) is 2.04. The Morgan fingerprint density at radius 2 is 1.02 bits per heavy atom. The fourth-order valence-electron chi connectivity index (χ4n) is 8.21. The molecule has 0 N–H and O–H groups in total. The number of carbonyl (C=O) groups excluding carboxylic acids is 1. The van der Waals surface area contributed by atoms with Gasteiger partial charge in [-0.3, -0.25) is 4.79 Å². The van der Waals surface area contributed by atoms with E-state index in [1.54, 1.807) is 0 Å². The summed E-state index contributed by atoms with van der Waals surface area (Å²) in [5.41, 5.74) is 5.95. The van der Waals surface area contributed by atoms with Gasteiger partial charge < -0.3 is 0 Å². The minimum atomic E-state index is -3.90. The van der Waals surface area contributed by atoms with Gasteiger partial charge in [0.25, 0.3) is 0 Å². The Morgan fingerprint density at radius 1 is 0.628 bits per heavy atom. The van der Waals surface area contributed by atoms with Crippen LogP contribution in [0.3, 0.4) is 0 Å². The first-order valence-corrected chi connectivity index (χ1v) is 16.9. The molecule has 0 aliphatic heterocycles. The summed E-state index contributed by atoms with van der Waals surface area (Å²) in [4.78, 5) is 13.7. The number of sulfone groups is 1. The van der Waals surface area contributed by atoms with Gasteiger partial charge in [0.05, 0.1) is 5.75 Å². The molecule has 2 fully saturated rings. The number of carbonyl (C=O) groups is 1. The van der Waals surface area contributed by atoms with Gasteiger partial charge in [0.15, 0.2) is 9.84 Å². The Morgan fingerprint density at radius 3 is 1.37 bits per heavy atom. The number of ketones is 1. The second-order valence-electron chi connectivity index (χ2n) is 12.9. The van der Waals surface area contributed by atoms with E-state index in [9.17, 15) is 4.79 Å². The third-order valence-corrected chi connectivity index (χ3v) is 12.6. The number of hydrogen-bond donors (Lipinski definition) is 0. The van der Waals surface area contributed by atoms with Crippen LogP contribution in [-0.4, -0.2) is 25.2 Å². The lowest BCUT2D eigenvalue weighted by atomic mass is 9.70. The average Bonchev–Trinajstić information content (AvgIpc) is 3.58. The molecule has 0 radical (unpaired) electrons. The zero-order chi connectivity index (χ0) is 29.8.